The predicted octanol–water partition coefficient (Wildman–Crippen LogP) is 8.35. The molecule has 5 aliphatic heterocycles. The lowest BCUT2D eigenvalue weighted by molar-refractivity contribution is -0.135. The summed E-state index contributed by atoms with van der Waals surface area (Å²) in [6.07, 6.45) is 7.47. The van der Waals surface area contributed by atoms with Crippen molar-refractivity contribution in [3.63, 3.8) is 0 Å². The van der Waals surface area contributed by atoms with Crippen LogP contribution in [0.2, 0.25) is 0 Å². The molecule has 68 heavy (non-hydrogen) atoms. The summed E-state index contributed by atoms with van der Waals surface area (Å²) in [7, 11) is 2.60. The van der Waals surface area contributed by atoms with Gasteiger partial charge in [-0.2, -0.15) is 0 Å². The first kappa shape index (κ1) is 47.0. The van der Waals surface area contributed by atoms with E-state index in [1.54, 1.807) is 6.07 Å². The number of halogens is 1. The molecule has 4 aromatic rings. The fourth-order valence-corrected chi connectivity index (χ4v) is 11.7. The van der Waals surface area contributed by atoms with Gasteiger partial charge in [0.15, 0.2) is 11.9 Å². The number of H-pyrrole nitrogens is 1. The van der Waals surface area contributed by atoms with Crippen molar-refractivity contribution in [2.45, 2.75) is 128 Å². The van der Waals surface area contributed by atoms with Crippen LogP contribution in [0, 0.1) is 17.7 Å². The summed E-state index contributed by atoms with van der Waals surface area (Å²) in [5.41, 5.74) is 5.93. The standard InChI is InChI=1S/C51H67FN10O6/c1-30(2)45(57-49(65)67-5)48(64)60-24-10-12-43(60)46-53-36-17-14-32(26-38(36)55-46)40-20-21-41(62(40)34-16-19-42(35(52)28-34)59-22-8-7-9-23-59)33-15-18-37-39(27-33)56-47(54-37)44-13-11-25-61(44)51(29-63,31(3)4)58-50(66)68-6/h14-19,26-31,40-41,43-45,47,54,56H,7-13,20-25H2,1-6H3,(H,53,55)(H,57,65)(H,58,66)/t40-,41-,43-,44-,45-,47?,51+/m0/s1. The topological polar surface area (TPSA) is 176 Å². The molecular weight excluding hydrogens is 868 g/mol. The van der Waals surface area contributed by atoms with Crippen LogP contribution in [0.4, 0.5) is 36.7 Å². The lowest BCUT2D eigenvalue weighted by Crippen LogP contribution is -2.68. The summed E-state index contributed by atoms with van der Waals surface area (Å²) < 4.78 is 26.2. The summed E-state index contributed by atoms with van der Waals surface area (Å²) in [6.45, 7) is 10.6. The number of anilines is 4. The highest BCUT2D eigenvalue weighted by atomic mass is 19.1. The number of methoxy groups -OCH3 is 2. The van der Waals surface area contributed by atoms with Gasteiger partial charge in [-0.05, 0) is 123 Å². The van der Waals surface area contributed by atoms with Crippen molar-refractivity contribution in [1.29, 1.82) is 0 Å². The van der Waals surface area contributed by atoms with Crippen molar-refractivity contribution in [3.05, 3.63) is 77.4 Å². The Morgan fingerprint density at radius 1 is 0.794 bits per heavy atom. The Balaban J connectivity index is 1.01. The van der Waals surface area contributed by atoms with Crippen LogP contribution in [-0.2, 0) is 19.1 Å². The van der Waals surface area contributed by atoms with E-state index in [9.17, 15) is 19.2 Å². The van der Waals surface area contributed by atoms with E-state index in [4.69, 9.17) is 14.5 Å². The number of imidazole rings is 1. The third-order valence-electron chi connectivity index (χ3n) is 15.2. The molecule has 6 heterocycles. The highest BCUT2D eigenvalue weighted by Gasteiger charge is 2.50. The zero-order valence-electron chi connectivity index (χ0n) is 40.1. The number of aromatic amines is 1. The van der Waals surface area contributed by atoms with Gasteiger partial charge in [0.05, 0.1) is 66.5 Å². The van der Waals surface area contributed by atoms with Crippen LogP contribution < -0.4 is 31.1 Å². The highest BCUT2D eigenvalue weighted by molar-refractivity contribution is 5.87. The van der Waals surface area contributed by atoms with Gasteiger partial charge in [0.2, 0.25) is 5.91 Å². The minimum atomic E-state index is -1.24. The molecular formula is C51H67FN10O6. The van der Waals surface area contributed by atoms with E-state index in [0.29, 0.717) is 24.6 Å². The number of ether oxygens (including phenoxy) is 2. The number of likely N-dealkylation sites (tertiary alicyclic amines) is 2. The number of benzene rings is 3. The molecule has 0 bridgehead atoms. The Morgan fingerprint density at radius 2 is 1.50 bits per heavy atom. The molecule has 0 spiro atoms. The number of aromatic nitrogens is 2. The van der Waals surface area contributed by atoms with Crippen LogP contribution >= 0.6 is 0 Å². The van der Waals surface area contributed by atoms with Crippen LogP contribution in [0.5, 0.6) is 0 Å². The molecule has 17 heteroatoms. The maximum absolute atomic E-state index is 16.4. The molecule has 3 amide bonds. The zero-order valence-corrected chi connectivity index (χ0v) is 40.1. The van der Waals surface area contributed by atoms with E-state index in [1.807, 2.05) is 44.7 Å². The molecule has 0 radical (unpaired) electrons. The molecule has 5 aliphatic rings. The highest BCUT2D eigenvalue weighted by Crippen LogP contribution is 2.49. The molecule has 3 aromatic carbocycles. The van der Waals surface area contributed by atoms with Gasteiger partial charge in [-0.15, -0.1) is 0 Å². The van der Waals surface area contributed by atoms with Crippen LogP contribution in [0.25, 0.3) is 11.0 Å². The van der Waals surface area contributed by atoms with E-state index >= 15 is 4.39 Å². The Labute approximate surface area is 398 Å². The number of fused-ring (bicyclic) bond motifs is 2. The third kappa shape index (κ3) is 8.77. The van der Waals surface area contributed by atoms with E-state index in [0.717, 1.165) is 116 Å². The number of hydrogen-bond acceptors (Lipinski definition) is 12. The second kappa shape index (κ2) is 19.5. The minimum Gasteiger partial charge on any atom is -0.453 e. The molecule has 4 saturated heterocycles. The number of nitrogens with one attached hydrogen (secondary N) is 5. The molecule has 7 atom stereocenters. The molecule has 5 N–H and O–H groups in total. The van der Waals surface area contributed by atoms with E-state index in [1.165, 1.54) is 14.2 Å². The van der Waals surface area contributed by atoms with Crippen molar-refractivity contribution >= 4 is 58.2 Å². The van der Waals surface area contributed by atoms with Crippen molar-refractivity contribution in [3.8, 4) is 0 Å². The number of carbonyl (C=O) groups is 4. The Kier molecular flexibility index (Phi) is 13.5. The van der Waals surface area contributed by atoms with E-state index in [-0.39, 0.29) is 53.9 Å². The second-order valence-corrected chi connectivity index (χ2v) is 19.8. The number of rotatable bonds is 13. The van der Waals surface area contributed by atoms with Gasteiger partial charge in [-0.3, -0.25) is 19.8 Å². The lowest BCUT2D eigenvalue weighted by Gasteiger charge is -2.45. The minimum absolute atomic E-state index is 0.0825. The number of hydrogen-bond donors (Lipinski definition) is 5. The second-order valence-electron chi connectivity index (χ2n) is 19.8. The van der Waals surface area contributed by atoms with Gasteiger partial charge in [0, 0.05) is 31.9 Å². The molecule has 9 rings (SSSR count). The first-order valence-corrected chi connectivity index (χ1v) is 24.6. The lowest BCUT2D eigenvalue weighted by atomic mass is 9.93. The Hall–Kier alpha value is -6.10. The predicted molar refractivity (Wildman–Crippen MR) is 260 cm³/mol. The average molecular weight is 935 g/mol. The summed E-state index contributed by atoms with van der Waals surface area (Å²) >= 11 is 0. The summed E-state index contributed by atoms with van der Waals surface area (Å²) in [5.74, 6) is -0.0404. The van der Waals surface area contributed by atoms with Crippen LogP contribution in [0.15, 0.2) is 54.6 Å². The van der Waals surface area contributed by atoms with Crippen LogP contribution in [-0.4, -0.2) is 108 Å². The van der Waals surface area contributed by atoms with Gasteiger partial charge in [-0.25, -0.2) is 19.0 Å². The zero-order chi connectivity index (χ0) is 47.9. The number of carbonyl (C=O) groups excluding carboxylic acids is 4. The normalized spacial score (nSPS) is 24.1. The maximum atomic E-state index is 16.4. The quantitative estimate of drug-likeness (QED) is 0.0812. The first-order valence-electron chi connectivity index (χ1n) is 24.6. The van der Waals surface area contributed by atoms with Crippen molar-refractivity contribution in [1.82, 2.24) is 30.4 Å². The number of amides is 3. The fourth-order valence-electron chi connectivity index (χ4n) is 11.7. The van der Waals surface area contributed by atoms with Gasteiger partial charge in [0.1, 0.15) is 23.8 Å². The fraction of sp³-hybridized carbons (Fsp3) is 0.549. The van der Waals surface area contributed by atoms with Crippen molar-refractivity contribution in [2.24, 2.45) is 11.8 Å². The molecule has 364 valence electrons. The van der Waals surface area contributed by atoms with Crippen molar-refractivity contribution in [2.75, 3.05) is 60.8 Å². The largest absolute Gasteiger partial charge is 0.453 e. The Morgan fingerprint density at radius 3 is 2.19 bits per heavy atom. The maximum Gasteiger partial charge on any atom is 0.408 e. The van der Waals surface area contributed by atoms with Crippen molar-refractivity contribution < 1.29 is 33.0 Å². The smallest absolute Gasteiger partial charge is 0.408 e. The summed E-state index contributed by atoms with van der Waals surface area (Å²) in [4.78, 5) is 68.6. The van der Waals surface area contributed by atoms with E-state index in [2.05, 4.69) is 77.3 Å². The van der Waals surface area contributed by atoms with Crippen LogP contribution in [0.3, 0.4) is 0 Å². The Bertz CT molecular complexity index is 2510. The van der Waals surface area contributed by atoms with Gasteiger partial charge >= 0.3 is 12.2 Å². The molecule has 16 nitrogen and oxygen atoms in total. The van der Waals surface area contributed by atoms with Crippen LogP contribution in [0.1, 0.15) is 121 Å². The molecule has 1 unspecified atom stereocenters. The number of nitrogens with zero attached hydrogens (tertiary/aromatic N) is 5. The van der Waals surface area contributed by atoms with Gasteiger partial charge in [0.25, 0.3) is 0 Å². The third-order valence-corrected chi connectivity index (χ3v) is 15.2. The monoisotopic (exact) mass is 935 g/mol. The van der Waals surface area contributed by atoms with Gasteiger partial charge < -0.3 is 45.1 Å². The first-order chi connectivity index (χ1) is 32.8. The molecule has 0 saturated carbocycles. The SMILES string of the molecule is COC(=O)N[C@H](C(=O)N1CCC[C@H]1c1nc2ccc([C@@H]3CC[C@@H](c4ccc5c(c4)NC([C@@H]4CCCN4[C@@](C=O)(NC(=O)OC)C(C)C)N5)N3c3ccc(N4CCCCC4)c(F)c3)cc2[nH]1)C(C)C. The van der Waals surface area contributed by atoms with E-state index < -0.39 is 23.9 Å². The number of piperidine rings is 1. The average Bonchev–Trinajstić information content (AvgIpc) is 4.21. The van der Waals surface area contributed by atoms with Gasteiger partial charge in [-0.1, -0.05) is 39.8 Å². The number of alkyl carbamates (subject to hydrolysis) is 2. The molecule has 0 aliphatic carbocycles. The molecule has 4 fully saturated rings. The number of aldehydes is 1. The molecule has 1 aromatic heterocycles. The summed E-state index contributed by atoms with van der Waals surface area (Å²) in [6, 6.07) is 17.2. The summed E-state index contributed by atoms with van der Waals surface area (Å²) in [5, 5.41) is 13.0.